The SMILES string of the molecule is O=C(CCc1cc(=O)[nH]o1)NCC1CCN(Cc2cc(Cl)cc(Cl)c2)CC1. The van der Waals surface area contributed by atoms with Crippen molar-refractivity contribution in [1.29, 1.82) is 0 Å². The maximum absolute atomic E-state index is 12.0. The molecular weight excluding hydrogens is 389 g/mol. The van der Waals surface area contributed by atoms with Crippen LogP contribution in [0.15, 0.2) is 33.6 Å². The standard InChI is InChI=1S/C19H23Cl2N3O3/c20-15-7-14(8-16(21)9-15)12-24-5-3-13(4-6-24)11-22-18(25)2-1-17-10-19(26)23-27-17/h7-10,13H,1-6,11-12H2,(H,22,25)(H,23,26). The number of aromatic nitrogens is 1. The van der Waals surface area contributed by atoms with Crippen molar-refractivity contribution in [1.82, 2.24) is 15.4 Å². The lowest BCUT2D eigenvalue weighted by Gasteiger charge is -2.32. The molecule has 2 heterocycles. The minimum atomic E-state index is -0.280. The number of aromatic amines is 1. The van der Waals surface area contributed by atoms with Gasteiger partial charge in [-0.15, -0.1) is 0 Å². The van der Waals surface area contributed by atoms with Crippen LogP contribution in [0.5, 0.6) is 0 Å². The van der Waals surface area contributed by atoms with E-state index in [1.54, 1.807) is 6.07 Å². The van der Waals surface area contributed by atoms with Crippen molar-refractivity contribution in [3.63, 3.8) is 0 Å². The molecule has 146 valence electrons. The Bertz CT molecular complexity index is 805. The van der Waals surface area contributed by atoms with Gasteiger partial charge < -0.3 is 9.84 Å². The highest BCUT2D eigenvalue weighted by molar-refractivity contribution is 6.34. The minimum absolute atomic E-state index is 0.0187. The number of amides is 1. The molecule has 3 rings (SSSR count). The van der Waals surface area contributed by atoms with Crippen molar-refractivity contribution in [2.45, 2.75) is 32.2 Å². The normalized spacial score (nSPS) is 15.8. The van der Waals surface area contributed by atoms with E-state index in [1.165, 1.54) is 6.07 Å². The van der Waals surface area contributed by atoms with Crippen molar-refractivity contribution < 1.29 is 9.32 Å². The quantitative estimate of drug-likeness (QED) is 0.732. The second-order valence-corrected chi connectivity index (χ2v) is 7.85. The first-order valence-corrected chi connectivity index (χ1v) is 9.85. The summed E-state index contributed by atoms with van der Waals surface area (Å²) in [4.78, 5) is 25.3. The second-order valence-electron chi connectivity index (χ2n) is 6.98. The molecule has 0 spiro atoms. The van der Waals surface area contributed by atoms with Gasteiger partial charge in [-0.05, 0) is 55.6 Å². The lowest BCUT2D eigenvalue weighted by Crippen LogP contribution is -2.38. The third-order valence-corrected chi connectivity index (χ3v) is 5.23. The number of halogens is 2. The second kappa shape index (κ2) is 9.44. The van der Waals surface area contributed by atoms with E-state index < -0.39 is 0 Å². The van der Waals surface area contributed by atoms with E-state index in [-0.39, 0.29) is 11.5 Å². The molecule has 1 aromatic carbocycles. The van der Waals surface area contributed by atoms with Crippen molar-refractivity contribution >= 4 is 29.1 Å². The van der Waals surface area contributed by atoms with Gasteiger partial charge >= 0.3 is 0 Å². The zero-order chi connectivity index (χ0) is 19.2. The molecule has 0 radical (unpaired) electrons. The predicted octanol–water partition coefficient (Wildman–Crippen LogP) is 3.24. The number of carbonyl (C=O) groups is 1. The molecule has 0 atom stereocenters. The number of aryl methyl sites for hydroxylation is 1. The van der Waals surface area contributed by atoms with Gasteiger partial charge in [0.25, 0.3) is 5.56 Å². The summed E-state index contributed by atoms with van der Waals surface area (Å²) >= 11 is 12.1. The maximum atomic E-state index is 12.0. The molecule has 0 bridgehead atoms. The van der Waals surface area contributed by atoms with E-state index in [0.717, 1.165) is 38.0 Å². The summed E-state index contributed by atoms with van der Waals surface area (Å²) in [5.41, 5.74) is 0.841. The van der Waals surface area contributed by atoms with E-state index in [2.05, 4.69) is 15.4 Å². The predicted molar refractivity (Wildman–Crippen MR) is 105 cm³/mol. The average Bonchev–Trinajstić information content (AvgIpc) is 3.04. The summed E-state index contributed by atoms with van der Waals surface area (Å²) < 4.78 is 4.94. The third-order valence-electron chi connectivity index (χ3n) is 4.80. The molecule has 0 saturated carbocycles. The highest BCUT2D eigenvalue weighted by Gasteiger charge is 2.20. The topological polar surface area (TPSA) is 78.3 Å². The number of hydrogen-bond acceptors (Lipinski definition) is 4. The van der Waals surface area contributed by atoms with E-state index in [9.17, 15) is 9.59 Å². The van der Waals surface area contributed by atoms with Crippen LogP contribution in [0.3, 0.4) is 0 Å². The lowest BCUT2D eigenvalue weighted by atomic mass is 9.96. The van der Waals surface area contributed by atoms with Gasteiger partial charge in [-0.25, -0.2) is 0 Å². The smallest absolute Gasteiger partial charge is 0.280 e. The molecule has 27 heavy (non-hydrogen) atoms. The Morgan fingerprint density at radius 1 is 1.19 bits per heavy atom. The number of hydrogen-bond donors (Lipinski definition) is 2. The fourth-order valence-corrected chi connectivity index (χ4v) is 3.91. The molecule has 6 nitrogen and oxygen atoms in total. The van der Waals surface area contributed by atoms with Crippen LogP contribution in [0.4, 0.5) is 0 Å². The number of nitrogens with one attached hydrogen (secondary N) is 2. The largest absolute Gasteiger partial charge is 0.384 e. The Balaban J connectivity index is 1.35. The van der Waals surface area contributed by atoms with Crippen LogP contribution in [-0.4, -0.2) is 35.6 Å². The third kappa shape index (κ3) is 6.41. The molecule has 1 fully saturated rings. The molecule has 0 unspecified atom stereocenters. The Kier molecular flexibility index (Phi) is 6.99. The molecule has 2 aromatic rings. The van der Waals surface area contributed by atoms with Gasteiger partial charge in [0.05, 0.1) is 0 Å². The average molecular weight is 412 g/mol. The molecular formula is C19H23Cl2N3O3. The van der Waals surface area contributed by atoms with Crippen molar-refractivity contribution in [2.24, 2.45) is 5.92 Å². The number of H-pyrrole nitrogens is 1. The Labute approximate surface area is 167 Å². The molecule has 1 saturated heterocycles. The number of nitrogens with zero attached hydrogens (tertiary/aromatic N) is 1. The first kappa shape index (κ1) is 20.0. The molecule has 1 aromatic heterocycles. The van der Waals surface area contributed by atoms with Crippen molar-refractivity contribution in [3.8, 4) is 0 Å². The van der Waals surface area contributed by atoms with Gasteiger partial charge in [-0.3, -0.25) is 14.5 Å². The highest BCUT2D eigenvalue weighted by Crippen LogP contribution is 2.23. The fraction of sp³-hybridized carbons (Fsp3) is 0.474. The van der Waals surface area contributed by atoms with Crippen LogP contribution < -0.4 is 10.9 Å². The molecule has 1 aliphatic heterocycles. The Morgan fingerprint density at radius 2 is 1.89 bits per heavy atom. The van der Waals surface area contributed by atoms with Gasteiger partial charge in [-0.2, -0.15) is 5.16 Å². The summed E-state index contributed by atoms with van der Waals surface area (Å²) in [6, 6.07) is 7.01. The maximum Gasteiger partial charge on any atom is 0.280 e. The zero-order valence-corrected chi connectivity index (χ0v) is 16.5. The van der Waals surface area contributed by atoms with Gasteiger partial charge in [0.1, 0.15) is 5.76 Å². The van der Waals surface area contributed by atoms with Gasteiger partial charge in [0.2, 0.25) is 5.91 Å². The van der Waals surface area contributed by atoms with Crippen molar-refractivity contribution in [3.05, 3.63) is 56.0 Å². The van der Waals surface area contributed by atoms with Crippen LogP contribution >= 0.6 is 23.2 Å². The summed E-state index contributed by atoms with van der Waals surface area (Å²) in [5, 5.41) is 6.53. The summed E-state index contributed by atoms with van der Waals surface area (Å²) in [5.74, 6) is 0.970. The number of carbonyl (C=O) groups excluding carboxylic acids is 1. The number of piperidine rings is 1. The van der Waals surface area contributed by atoms with Crippen LogP contribution in [0.2, 0.25) is 10.0 Å². The first-order chi connectivity index (χ1) is 13.0. The summed E-state index contributed by atoms with van der Waals surface area (Å²) in [7, 11) is 0. The van der Waals surface area contributed by atoms with E-state index in [0.29, 0.717) is 41.1 Å². The fourth-order valence-electron chi connectivity index (χ4n) is 3.34. The monoisotopic (exact) mass is 411 g/mol. The highest BCUT2D eigenvalue weighted by atomic mass is 35.5. The Morgan fingerprint density at radius 3 is 2.52 bits per heavy atom. The summed E-state index contributed by atoms with van der Waals surface area (Å²) in [6.07, 6.45) is 2.82. The van der Waals surface area contributed by atoms with Crippen LogP contribution in [-0.2, 0) is 17.8 Å². The van der Waals surface area contributed by atoms with Gasteiger partial charge in [-0.1, -0.05) is 23.2 Å². The van der Waals surface area contributed by atoms with E-state index in [1.807, 2.05) is 12.1 Å². The van der Waals surface area contributed by atoms with Crippen LogP contribution in [0, 0.1) is 5.92 Å². The van der Waals surface area contributed by atoms with Gasteiger partial charge in [0.15, 0.2) is 0 Å². The molecule has 1 amide bonds. The minimum Gasteiger partial charge on any atom is -0.384 e. The molecule has 1 aliphatic rings. The lowest BCUT2D eigenvalue weighted by molar-refractivity contribution is -0.121. The van der Waals surface area contributed by atoms with E-state index >= 15 is 0 Å². The molecule has 8 heteroatoms. The summed E-state index contributed by atoms with van der Waals surface area (Å²) in [6.45, 7) is 3.49. The Hall–Kier alpha value is -1.76. The number of benzene rings is 1. The van der Waals surface area contributed by atoms with Crippen LogP contribution in [0.25, 0.3) is 0 Å². The first-order valence-electron chi connectivity index (χ1n) is 9.09. The van der Waals surface area contributed by atoms with Crippen molar-refractivity contribution in [2.75, 3.05) is 19.6 Å². The molecule has 0 aliphatic carbocycles. The van der Waals surface area contributed by atoms with Crippen LogP contribution in [0.1, 0.15) is 30.6 Å². The van der Waals surface area contributed by atoms with E-state index in [4.69, 9.17) is 27.7 Å². The number of likely N-dealkylation sites (tertiary alicyclic amines) is 1. The molecule has 2 N–H and O–H groups in total. The zero-order valence-electron chi connectivity index (χ0n) is 15.0. The van der Waals surface area contributed by atoms with Gasteiger partial charge in [0, 0.05) is 42.0 Å². The number of rotatable bonds is 7.